The van der Waals surface area contributed by atoms with Crippen LogP contribution >= 0.6 is 0 Å². The third-order valence-corrected chi connectivity index (χ3v) is 2.77. The first-order valence-corrected chi connectivity index (χ1v) is 6.26. The van der Waals surface area contributed by atoms with Gasteiger partial charge in [-0.05, 0) is 30.0 Å². The Hall–Kier alpha value is -1.31. The monoisotopic (exact) mass is 234 g/mol. The van der Waals surface area contributed by atoms with Crippen LogP contribution in [0.4, 0.5) is 0 Å². The van der Waals surface area contributed by atoms with Crippen molar-refractivity contribution in [3.8, 4) is 5.75 Å². The van der Waals surface area contributed by atoms with Crippen LogP contribution < -0.4 is 4.74 Å². The molecule has 94 valence electrons. The molecule has 0 bridgehead atoms. The van der Waals surface area contributed by atoms with E-state index in [-0.39, 0.29) is 0 Å². The van der Waals surface area contributed by atoms with E-state index in [1.807, 2.05) is 24.3 Å². The Morgan fingerprint density at radius 1 is 1.35 bits per heavy atom. The zero-order valence-electron chi connectivity index (χ0n) is 11.0. The molecule has 0 aliphatic heterocycles. The van der Waals surface area contributed by atoms with Crippen LogP contribution in [-0.2, 0) is 11.2 Å². The molecule has 0 fully saturated rings. The number of hydrogen-bond acceptors (Lipinski definition) is 2. The van der Waals surface area contributed by atoms with Crippen LogP contribution in [0.5, 0.6) is 5.75 Å². The molecule has 1 aromatic rings. The van der Waals surface area contributed by atoms with Crippen molar-refractivity contribution in [3.05, 3.63) is 29.8 Å². The Balaban J connectivity index is 2.39. The lowest BCUT2D eigenvalue weighted by Crippen LogP contribution is -2.03. The summed E-state index contributed by atoms with van der Waals surface area (Å²) < 4.78 is 5.14. The van der Waals surface area contributed by atoms with E-state index in [1.54, 1.807) is 7.11 Å². The minimum absolute atomic E-state index is 0.318. The predicted molar refractivity (Wildman–Crippen MR) is 70.4 cm³/mol. The van der Waals surface area contributed by atoms with Crippen LogP contribution in [0.2, 0.25) is 0 Å². The summed E-state index contributed by atoms with van der Waals surface area (Å²) in [6.45, 7) is 4.37. The molecule has 0 spiro atoms. The Morgan fingerprint density at radius 2 is 2.12 bits per heavy atom. The summed E-state index contributed by atoms with van der Waals surface area (Å²) >= 11 is 0. The molecule has 17 heavy (non-hydrogen) atoms. The molecule has 0 aliphatic carbocycles. The molecule has 1 aromatic carbocycles. The normalized spacial score (nSPS) is 10.6. The second-order valence-corrected chi connectivity index (χ2v) is 4.85. The minimum Gasteiger partial charge on any atom is -0.497 e. The van der Waals surface area contributed by atoms with Gasteiger partial charge in [-0.3, -0.25) is 4.79 Å². The Kier molecular flexibility index (Phi) is 5.75. The van der Waals surface area contributed by atoms with E-state index in [4.69, 9.17) is 4.74 Å². The van der Waals surface area contributed by atoms with Crippen LogP contribution in [0, 0.1) is 5.92 Å². The fourth-order valence-corrected chi connectivity index (χ4v) is 1.81. The standard InChI is InChI=1S/C15H22O2/c1-12(2)6-4-8-14(16)10-13-7-5-9-15(11-13)17-3/h5,7,9,11-12H,4,6,8,10H2,1-3H3. The lowest BCUT2D eigenvalue weighted by atomic mass is 10.0. The van der Waals surface area contributed by atoms with Crippen LogP contribution in [0.3, 0.4) is 0 Å². The molecule has 0 radical (unpaired) electrons. The molecule has 0 unspecified atom stereocenters. The van der Waals surface area contributed by atoms with Gasteiger partial charge in [0.25, 0.3) is 0 Å². The van der Waals surface area contributed by atoms with Crippen LogP contribution in [0.15, 0.2) is 24.3 Å². The summed E-state index contributed by atoms with van der Waals surface area (Å²) in [7, 11) is 1.64. The number of methoxy groups -OCH3 is 1. The van der Waals surface area contributed by atoms with Crippen LogP contribution in [0.25, 0.3) is 0 Å². The first-order valence-electron chi connectivity index (χ1n) is 6.26. The molecule has 0 N–H and O–H groups in total. The van der Waals surface area contributed by atoms with Crippen molar-refractivity contribution in [2.75, 3.05) is 7.11 Å². The van der Waals surface area contributed by atoms with E-state index in [9.17, 15) is 4.79 Å². The number of Topliss-reactive ketones (excluding diaryl/α,β-unsaturated/α-hetero) is 1. The number of hydrogen-bond donors (Lipinski definition) is 0. The maximum absolute atomic E-state index is 11.8. The average molecular weight is 234 g/mol. The summed E-state index contributed by atoms with van der Waals surface area (Å²) in [6, 6.07) is 7.73. The molecule has 2 heteroatoms. The highest BCUT2D eigenvalue weighted by Crippen LogP contribution is 2.14. The van der Waals surface area contributed by atoms with E-state index in [1.165, 1.54) is 0 Å². The van der Waals surface area contributed by atoms with E-state index < -0.39 is 0 Å². The Bertz CT molecular complexity index is 356. The van der Waals surface area contributed by atoms with Gasteiger partial charge in [0, 0.05) is 12.8 Å². The SMILES string of the molecule is COc1cccc(CC(=O)CCCC(C)C)c1. The van der Waals surface area contributed by atoms with Crippen LogP contribution in [-0.4, -0.2) is 12.9 Å². The van der Waals surface area contributed by atoms with Crippen molar-refractivity contribution >= 4 is 5.78 Å². The van der Waals surface area contributed by atoms with E-state index >= 15 is 0 Å². The van der Waals surface area contributed by atoms with Crippen molar-refractivity contribution in [1.82, 2.24) is 0 Å². The summed E-state index contributed by atoms with van der Waals surface area (Å²) in [5.74, 6) is 1.82. The molecule has 2 nitrogen and oxygen atoms in total. The minimum atomic E-state index is 0.318. The molecule has 0 aliphatic rings. The van der Waals surface area contributed by atoms with Gasteiger partial charge in [-0.2, -0.15) is 0 Å². The third kappa shape index (κ3) is 5.53. The maximum atomic E-state index is 11.8. The number of carbonyl (C=O) groups is 1. The molecule has 0 atom stereocenters. The van der Waals surface area contributed by atoms with Crippen molar-refractivity contribution in [1.29, 1.82) is 0 Å². The Morgan fingerprint density at radius 3 is 2.76 bits per heavy atom. The summed E-state index contributed by atoms with van der Waals surface area (Å²) in [6.07, 6.45) is 3.34. The van der Waals surface area contributed by atoms with Crippen molar-refractivity contribution in [2.24, 2.45) is 5.92 Å². The topological polar surface area (TPSA) is 26.3 Å². The molecule has 1 rings (SSSR count). The highest BCUT2D eigenvalue weighted by atomic mass is 16.5. The summed E-state index contributed by atoms with van der Waals surface area (Å²) in [5, 5.41) is 0. The molecule has 0 saturated carbocycles. The van der Waals surface area contributed by atoms with Gasteiger partial charge >= 0.3 is 0 Å². The third-order valence-electron chi connectivity index (χ3n) is 2.77. The molecule has 0 heterocycles. The van der Waals surface area contributed by atoms with Crippen LogP contribution in [0.1, 0.15) is 38.7 Å². The predicted octanol–water partition coefficient (Wildman–Crippen LogP) is 3.63. The highest BCUT2D eigenvalue weighted by Gasteiger charge is 2.05. The van der Waals surface area contributed by atoms with Crippen molar-refractivity contribution < 1.29 is 9.53 Å². The van der Waals surface area contributed by atoms with Gasteiger partial charge in [0.2, 0.25) is 0 Å². The van der Waals surface area contributed by atoms with Gasteiger partial charge in [-0.15, -0.1) is 0 Å². The van der Waals surface area contributed by atoms with Gasteiger partial charge < -0.3 is 4.74 Å². The second kappa shape index (κ2) is 7.10. The summed E-state index contributed by atoms with van der Waals surface area (Å²) in [5.41, 5.74) is 1.04. The molecule has 0 aromatic heterocycles. The lowest BCUT2D eigenvalue weighted by Gasteiger charge is -2.05. The number of benzene rings is 1. The van der Waals surface area contributed by atoms with Gasteiger partial charge in [0.15, 0.2) is 0 Å². The fraction of sp³-hybridized carbons (Fsp3) is 0.533. The smallest absolute Gasteiger partial charge is 0.137 e. The number of carbonyl (C=O) groups excluding carboxylic acids is 1. The number of ketones is 1. The lowest BCUT2D eigenvalue weighted by molar-refractivity contribution is -0.118. The van der Waals surface area contributed by atoms with E-state index in [0.717, 1.165) is 24.2 Å². The largest absolute Gasteiger partial charge is 0.497 e. The van der Waals surface area contributed by atoms with E-state index in [0.29, 0.717) is 24.5 Å². The van der Waals surface area contributed by atoms with E-state index in [2.05, 4.69) is 13.8 Å². The van der Waals surface area contributed by atoms with Gasteiger partial charge in [0.05, 0.1) is 7.11 Å². The fourth-order valence-electron chi connectivity index (χ4n) is 1.81. The molecule has 0 saturated heterocycles. The van der Waals surface area contributed by atoms with Gasteiger partial charge in [-0.25, -0.2) is 0 Å². The molecular weight excluding hydrogens is 212 g/mol. The van der Waals surface area contributed by atoms with Gasteiger partial charge in [0.1, 0.15) is 11.5 Å². The first kappa shape index (κ1) is 13.8. The highest BCUT2D eigenvalue weighted by molar-refractivity contribution is 5.80. The quantitative estimate of drug-likeness (QED) is 0.720. The van der Waals surface area contributed by atoms with Crippen molar-refractivity contribution in [3.63, 3.8) is 0 Å². The first-order chi connectivity index (χ1) is 8.11. The number of ether oxygens (including phenoxy) is 1. The Labute approximate surface area is 104 Å². The maximum Gasteiger partial charge on any atom is 0.137 e. The zero-order chi connectivity index (χ0) is 12.7. The second-order valence-electron chi connectivity index (χ2n) is 4.85. The molecular formula is C15H22O2. The average Bonchev–Trinajstić information content (AvgIpc) is 2.28. The van der Waals surface area contributed by atoms with Crippen molar-refractivity contribution in [2.45, 2.75) is 39.5 Å². The number of rotatable bonds is 7. The summed E-state index contributed by atoms with van der Waals surface area (Å²) in [4.78, 5) is 11.8. The zero-order valence-corrected chi connectivity index (χ0v) is 11.0. The molecule has 0 amide bonds. The van der Waals surface area contributed by atoms with Gasteiger partial charge in [-0.1, -0.05) is 32.4 Å².